The maximum atomic E-state index is 9.14. The van der Waals surface area contributed by atoms with Crippen LogP contribution in [0.3, 0.4) is 0 Å². The van der Waals surface area contributed by atoms with E-state index in [0.29, 0.717) is 97.9 Å². The SMILES string of the molecule is COc1ccc(C=NCC(N)=[NH2+])cc1OC.COc1cccc(C=NCC(N)=[NH2+])c1.Cc1ccc(C=NCC(N)=[NH2+])cc1.Cc1cccc(C)c1C=NCC(N)=[NH2+].Cc1cccc(C=NCC(N)=[NH2+])c1.Cc1ccccc1C=NCC(N)=[NH2+].NC(=[NH2+])CN=Cc1ccc(O)c(O)c1.NC(=[NH2+])CN=Cc1cccnc1. The summed E-state index contributed by atoms with van der Waals surface area (Å²) >= 11 is 0. The molecule has 0 amide bonds. The highest BCUT2D eigenvalue weighted by Gasteiger charge is 2.05. The molecule has 0 bridgehead atoms. The van der Waals surface area contributed by atoms with Crippen molar-refractivity contribution in [3.63, 3.8) is 0 Å². The highest BCUT2D eigenvalue weighted by molar-refractivity contribution is 5.89. The maximum Gasteiger partial charge on any atom is 0.260 e. The normalized spacial score (nSPS) is 10.5. The van der Waals surface area contributed by atoms with Crippen LogP contribution in [0.1, 0.15) is 72.3 Å². The average Bonchev–Trinajstić information content (AvgIpc) is 0.871. The van der Waals surface area contributed by atoms with Gasteiger partial charge in [-0.3, -0.25) is 134 Å². The number of nitrogens with two attached hydrogens (primary N) is 16. The fraction of sp³-hybridized carbons (Fsp3) is 0.203. The van der Waals surface area contributed by atoms with Gasteiger partial charge in [0.05, 0.1) is 21.3 Å². The number of aromatic nitrogens is 1. The lowest BCUT2D eigenvalue weighted by Crippen LogP contribution is -2.47. The van der Waals surface area contributed by atoms with E-state index in [2.05, 4.69) is 77.0 Å². The highest BCUT2D eigenvalue weighted by Crippen LogP contribution is 2.27. The molecule has 109 heavy (non-hydrogen) atoms. The topological polar surface area (TPSA) is 593 Å². The molecule has 1 heterocycles. The highest BCUT2D eigenvalue weighted by atomic mass is 16.5. The van der Waals surface area contributed by atoms with E-state index in [1.807, 2.05) is 154 Å². The van der Waals surface area contributed by atoms with Crippen LogP contribution < -0.4 is 103 Å². The number of pyridine rings is 1. The van der Waals surface area contributed by atoms with Gasteiger partial charge < -0.3 is 24.4 Å². The van der Waals surface area contributed by atoms with Crippen molar-refractivity contribution in [2.24, 2.45) is 85.8 Å². The first-order chi connectivity index (χ1) is 51.9. The average molecular weight is 1490 g/mol. The van der Waals surface area contributed by atoms with Crippen LogP contribution in [-0.4, -0.2) is 185 Å². The molecule has 0 spiro atoms. The van der Waals surface area contributed by atoms with Gasteiger partial charge in [0.15, 0.2) is 23.0 Å². The largest absolute Gasteiger partial charge is 0.504 e. The smallest absolute Gasteiger partial charge is 0.260 e. The van der Waals surface area contributed by atoms with E-state index >= 15 is 0 Å². The Morgan fingerprint density at radius 1 is 0.330 bits per heavy atom. The molecule has 0 atom stereocenters. The van der Waals surface area contributed by atoms with Gasteiger partial charge in [0.25, 0.3) is 46.7 Å². The third kappa shape index (κ3) is 47.7. The number of methoxy groups -OCH3 is 3. The second-order valence-corrected chi connectivity index (χ2v) is 23.3. The van der Waals surface area contributed by atoms with Crippen LogP contribution in [0, 0.1) is 34.6 Å². The standard InChI is InChI=1S/C11H15N3O2.C11H15N3.C10H13N3O.3C10H13N3.C9H11N3O2.C8H10N4/c1-15-9-4-3-8(5-10(9)16-2)6-14-7-11(12)13;1-8-4-3-5-9(2)10(8)6-14-7-11(12)13;1-14-9-4-2-3-8(5-9)6-13-7-10(11)12;1-8-2-4-9(5-3-8)6-13-7-10(11)12;1-8-3-2-4-9(5-8)6-13-7-10(11)12;1-8-4-2-3-5-9(8)6-13-7-10(11)12;10-9(11)5-12-4-6-1-2-7(13)8(14)3-6;9-8(10)6-12-5-7-2-1-3-11-4-7/h3-6H,7H2,1-2H3,(H3,12,13);3-6H,7H2,1-2H3,(H3,12,13);2-6H,7H2,1H3,(H3,11,12);3*2-6H,7H2,1H3,(H3,11,12);1-4,13-14H,5H2,(H3,10,11);1-5H,6H2,(H3,9,10)/p+8. The van der Waals surface area contributed by atoms with Crippen molar-refractivity contribution in [3.05, 3.63) is 249 Å². The molecule has 8 aromatic rings. The van der Waals surface area contributed by atoms with Crippen molar-refractivity contribution in [2.45, 2.75) is 34.6 Å². The Bertz CT molecular complexity index is 4400. The number of aryl methyl sites for hydroxylation is 5. The number of hydrogen-bond donors (Lipinski definition) is 18. The van der Waals surface area contributed by atoms with E-state index in [9.17, 15) is 0 Å². The van der Waals surface area contributed by atoms with E-state index < -0.39 is 0 Å². The molecular formula is C79H111N25O5+8. The summed E-state index contributed by atoms with van der Waals surface area (Å²) in [7, 11) is 4.81. The Balaban J connectivity index is 0.000000624. The summed E-state index contributed by atoms with van der Waals surface area (Å²) in [5.41, 5.74) is 56.0. The van der Waals surface area contributed by atoms with Crippen molar-refractivity contribution in [1.29, 1.82) is 0 Å². The third-order valence-corrected chi connectivity index (χ3v) is 13.1. The van der Waals surface area contributed by atoms with E-state index in [1.54, 1.807) is 77.1 Å². The van der Waals surface area contributed by atoms with Gasteiger partial charge in [0.1, 0.15) is 58.1 Å². The second-order valence-electron chi connectivity index (χ2n) is 23.3. The molecule has 8 rings (SSSR count). The summed E-state index contributed by atoms with van der Waals surface area (Å²) in [4.78, 5) is 36.3. The summed E-state index contributed by atoms with van der Waals surface area (Å²) in [6, 6.07) is 51.6. The van der Waals surface area contributed by atoms with E-state index in [4.69, 9.17) is 114 Å². The van der Waals surface area contributed by atoms with Crippen molar-refractivity contribution >= 4 is 96.4 Å². The summed E-state index contributed by atoms with van der Waals surface area (Å²) in [5.74, 6) is 4.30. The monoisotopic (exact) mass is 1490 g/mol. The molecule has 0 unspecified atom stereocenters. The van der Waals surface area contributed by atoms with Crippen LogP contribution in [0.2, 0.25) is 0 Å². The maximum absolute atomic E-state index is 9.14. The lowest BCUT2D eigenvalue weighted by atomic mass is 10.0. The third-order valence-electron chi connectivity index (χ3n) is 13.1. The lowest BCUT2D eigenvalue weighted by Gasteiger charge is -2.07. The molecular weight excluding hydrogens is 1380 g/mol. The van der Waals surface area contributed by atoms with Gasteiger partial charge in [-0.15, -0.1) is 0 Å². The van der Waals surface area contributed by atoms with Gasteiger partial charge >= 0.3 is 0 Å². The van der Waals surface area contributed by atoms with Gasteiger partial charge in [0.2, 0.25) is 0 Å². The lowest BCUT2D eigenvalue weighted by molar-refractivity contribution is -0.117. The number of aliphatic imine (C=N–C) groups is 8. The van der Waals surface area contributed by atoms with Gasteiger partial charge in [-0.1, -0.05) is 120 Å². The van der Waals surface area contributed by atoms with Crippen LogP contribution in [-0.2, 0) is 0 Å². The van der Waals surface area contributed by atoms with Gasteiger partial charge in [0, 0.05) is 67.7 Å². The number of phenolic OH excluding ortho intramolecular Hbond substituents is 2. The molecule has 7 aromatic carbocycles. The van der Waals surface area contributed by atoms with Crippen LogP contribution in [0.25, 0.3) is 0 Å². The number of amidine groups is 8. The molecule has 34 N–H and O–H groups in total. The summed E-state index contributed by atoms with van der Waals surface area (Å²) in [5, 5.41) is 60.3. The van der Waals surface area contributed by atoms with Crippen molar-refractivity contribution < 1.29 is 67.7 Å². The van der Waals surface area contributed by atoms with Crippen LogP contribution in [0.5, 0.6) is 28.7 Å². The number of hydrogen-bond acceptors (Lipinski definition) is 14. The molecule has 574 valence electrons. The van der Waals surface area contributed by atoms with Crippen LogP contribution in [0.15, 0.2) is 216 Å². The second kappa shape index (κ2) is 55.4. The van der Waals surface area contributed by atoms with Gasteiger partial charge in [-0.25, -0.2) is 0 Å². The predicted octanol–water partition coefficient (Wildman–Crippen LogP) is -5.85. The molecule has 30 heteroatoms. The number of phenols is 2. The zero-order chi connectivity index (χ0) is 81.3. The molecule has 30 nitrogen and oxygen atoms in total. The van der Waals surface area contributed by atoms with E-state index in [-0.39, 0.29) is 29.7 Å². The molecule has 0 aliphatic carbocycles. The molecule has 1 aromatic heterocycles. The number of benzene rings is 7. The number of nitrogens with zero attached hydrogens (tertiary/aromatic N) is 9. The molecule has 0 fully saturated rings. The zero-order valence-corrected chi connectivity index (χ0v) is 63.4. The van der Waals surface area contributed by atoms with E-state index in [0.717, 1.165) is 44.7 Å². The molecule has 0 saturated heterocycles. The Morgan fingerprint density at radius 2 is 0.706 bits per heavy atom. The predicted molar refractivity (Wildman–Crippen MR) is 445 cm³/mol. The quantitative estimate of drug-likeness (QED) is 0.0130. The van der Waals surface area contributed by atoms with Crippen molar-refractivity contribution in [3.8, 4) is 28.7 Å². The number of ether oxygens (including phenoxy) is 3. The minimum atomic E-state index is -0.182. The Kier molecular flexibility index (Phi) is 47.1. The Labute approximate surface area is 637 Å². The number of aromatic hydroxyl groups is 2. The minimum absolute atomic E-state index is 0.160. The Morgan fingerprint density at radius 3 is 1.14 bits per heavy atom. The van der Waals surface area contributed by atoms with Crippen molar-refractivity contribution in [2.75, 3.05) is 73.7 Å². The van der Waals surface area contributed by atoms with E-state index in [1.165, 1.54) is 46.2 Å². The summed E-state index contributed by atoms with van der Waals surface area (Å²) < 4.78 is 15.3. The van der Waals surface area contributed by atoms with Gasteiger partial charge in [-0.05, 0) is 145 Å². The summed E-state index contributed by atoms with van der Waals surface area (Å²) in [6.07, 6.45) is 17.2. The first kappa shape index (κ1) is 92.8. The fourth-order valence-corrected chi connectivity index (χ4v) is 7.92. The zero-order valence-electron chi connectivity index (χ0n) is 63.4. The fourth-order valence-electron chi connectivity index (χ4n) is 7.92. The first-order valence-electron chi connectivity index (χ1n) is 33.4. The molecule has 0 saturated carbocycles. The van der Waals surface area contributed by atoms with Gasteiger partial charge in [-0.2, -0.15) is 0 Å². The number of rotatable bonds is 27. The molecule has 0 aliphatic rings. The summed E-state index contributed by atoms with van der Waals surface area (Å²) in [6.45, 7) is 13.0. The van der Waals surface area contributed by atoms with Crippen molar-refractivity contribution in [1.82, 2.24) is 4.98 Å². The van der Waals surface area contributed by atoms with Crippen LogP contribution >= 0.6 is 0 Å². The van der Waals surface area contributed by atoms with Crippen LogP contribution in [0.4, 0.5) is 0 Å². The molecule has 0 aliphatic heterocycles. The first-order valence-corrected chi connectivity index (χ1v) is 33.4. The Hall–Kier alpha value is -14.2. The minimum Gasteiger partial charge on any atom is -0.504 e. The molecule has 0 radical (unpaired) electrons.